The summed E-state index contributed by atoms with van der Waals surface area (Å²) in [6, 6.07) is 5.74. The quantitative estimate of drug-likeness (QED) is 0.902. The molecule has 1 aliphatic rings. The zero-order chi connectivity index (χ0) is 17.2. The van der Waals surface area contributed by atoms with Gasteiger partial charge < -0.3 is 15.0 Å². The molecule has 2 aromatic rings. The van der Waals surface area contributed by atoms with Gasteiger partial charge in [0.05, 0.1) is 18.8 Å². The second-order valence-corrected chi connectivity index (χ2v) is 6.21. The van der Waals surface area contributed by atoms with Crippen molar-refractivity contribution in [3.05, 3.63) is 36.5 Å². The van der Waals surface area contributed by atoms with Crippen molar-refractivity contribution in [2.45, 2.75) is 25.5 Å². The molecule has 1 atom stereocenters. The highest BCUT2D eigenvalue weighted by molar-refractivity contribution is 5.83. The van der Waals surface area contributed by atoms with Crippen LogP contribution in [0.15, 0.2) is 30.9 Å². The molecule has 24 heavy (non-hydrogen) atoms. The minimum absolute atomic E-state index is 0.00827. The molecule has 0 unspecified atom stereocenters. The summed E-state index contributed by atoms with van der Waals surface area (Å²) >= 11 is 0. The van der Waals surface area contributed by atoms with Gasteiger partial charge in [-0.05, 0) is 26.0 Å². The average Bonchev–Trinajstić information content (AvgIpc) is 3.17. The number of hydrogen-bond donors (Lipinski definition) is 1. The molecule has 3 heterocycles. The molecular formula is C16H22N6O2. The molecule has 1 saturated heterocycles. The summed E-state index contributed by atoms with van der Waals surface area (Å²) in [6.45, 7) is 5.19. The fraction of sp³-hybridized carbons (Fsp3) is 0.500. The number of pyridine rings is 1. The van der Waals surface area contributed by atoms with Crippen molar-refractivity contribution >= 4 is 11.7 Å². The van der Waals surface area contributed by atoms with E-state index < -0.39 is 5.54 Å². The summed E-state index contributed by atoms with van der Waals surface area (Å²) in [5.41, 5.74) is 0.0245. The first kappa shape index (κ1) is 16.4. The lowest BCUT2D eigenvalue weighted by atomic mass is 10.0. The molecule has 0 aromatic carbocycles. The standard InChI is InChI=1S/C16H22N6O2/c1-16(2,22-11-18-10-19-22)15(23)21-7-8-24-13(9-21)12-5-4-6-14(17-3)20-12/h4-6,10-11,13H,7-9H2,1-3H3,(H,17,20)/t13-/m1/s1. The van der Waals surface area contributed by atoms with E-state index >= 15 is 0 Å². The first-order chi connectivity index (χ1) is 11.5. The zero-order valence-corrected chi connectivity index (χ0v) is 14.1. The van der Waals surface area contributed by atoms with Gasteiger partial charge in [-0.2, -0.15) is 5.10 Å². The van der Waals surface area contributed by atoms with Crippen molar-refractivity contribution in [3.63, 3.8) is 0 Å². The van der Waals surface area contributed by atoms with Crippen LogP contribution in [0.5, 0.6) is 0 Å². The summed E-state index contributed by atoms with van der Waals surface area (Å²) in [5.74, 6) is 0.772. The molecule has 3 rings (SSSR count). The highest BCUT2D eigenvalue weighted by Gasteiger charge is 2.37. The van der Waals surface area contributed by atoms with Crippen molar-refractivity contribution < 1.29 is 9.53 Å². The van der Waals surface area contributed by atoms with Crippen LogP contribution >= 0.6 is 0 Å². The number of rotatable bonds is 4. The summed E-state index contributed by atoms with van der Waals surface area (Å²) in [5, 5.41) is 7.13. The summed E-state index contributed by atoms with van der Waals surface area (Å²) in [4.78, 5) is 23.2. The first-order valence-corrected chi connectivity index (χ1v) is 7.93. The molecule has 8 nitrogen and oxygen atoms in total. The Hall–Kier alpha value is -2.48. The lowest BCUT2D eigenvalue weighted by Crippen LogP contribution is -2.51. The predicted octanol–water partition coefficient (Wildman–Crippen LogP) is 1.05. The normalized spacial score (nSPS) is 18.5. The SMILES string of the molecule is CNc1cccc([C@H]2CN(C(=O)C(C)(C)n3cncn3)CCO2)n1. The maximum absolute atomic E-state index is 13.0. The predicted molar refractivity (Wildman–Crippen MR) is 88.4 cm³/mol. The number of ether oxygens (including phenoxy) is 1. The van der Waals surface area contributed by atoms with Gasteiger partial charge in [0.15, 0.2) is 0 Å². The average molecular weight is 330 g/mol. The van der Waals surface area contributed by atoms with E-state index in [9.17, 15) is 4.79 Å². The Morgan fingerprint density at radius 3 is 2.96 bits per heavy atom. The molecule has 1 aliphatic heterocycles. The molecule has 0 radical (unpaired) electrons. The lowest BCUT2D eigenvalue weighted by molar-refractivity contribution is -0.147. The Labute approximate surface area is 140 Å². The van der Waals surface area contributed by atoms with E-state index in [0.29, 0.717) is 19.7 Å². The Morgan fingerprint density at radius 2 is 2.25 bits per heavy atom. The molecule has 1 fully saturated rings. The van der Waals surface area contributed by atoms with Gasteiger partial charge in [0, 0.05) is 13.6 Å². The smallest absolute Gasteiger partial charge is 0.250 e. The number of nitrogens with zero attached hydrogens (tertiary/aromatic N) is 5. The zero-order valence-electron chi connectivity index (χ0n) is 14.1. The van der Waals surface area contributed by atoms with Crippen LogP contribution in [0.3, 0.4) is 0 Å². The van der Waals surface area contributed by atoms with E-state index in [0.717, 1.165) is 11.5 Å². The number of hydrogen-bond acceptors (Lipinski definition) is 6. The van der Waals surface area contributed by atoms with Crippen LogP contribution in [0.25, 0.3) is 0 Å². The van der Waals surface area contributed by atoms with Gasteiger partial charge in [-0.15, -0.1) is 0 Å². The molecular weight excluding hydrogens is 308 g/mol. The van der Waals surface area contributed by atoms with Crippen LogP contribution in [0, 0.1) is 0 Å². The highest BCUT2D eigenvalue weighted by atomic mass is 16.5. The van der Waals surface area contributed by atoms with E-state index in [1.807, 2.05) is 44.0 Å². The van der Waals surface area contributed by atoms with Crippen LogP contribution in [-0.4, -0.2) is 57.3 Å². The molecule has 2 aromatic heterocycles. The molecule has 0 aliphatic carbocycles. The third kappa shape index (κ3) is 3.09. The number of aromatic nitrogens is 4. The van der Waals surface area contributed by atoms with Crippen molar-refractivity contribution in [1.29, 1.82) is 0 Å². The topological polar surface area (TPSA) is 85.2 Å². The molecule has 0 saturated carbocycles. The van der Waals surface area contributed by atoms with E-state index in [4.69, 9.17) is 4.74 Å². The Morgan fingerprint density at radius 1 is 1.42 bits per heavy atom. The summed E-state index contributed by atoms with van der Waals surface area (Å²) < 4.78 is 7.41. The van der Waals surface area contributed by atoms with Gasteiger partial charge in [0.2, 0.25) is 5.91 Å². The summed E-state index contributed by atoms with van der Waals surface area (Å²) in [7, 11) is 1.82. The van der Waals surface area contributed by atoms with E-state index in [1.165, 1.54) is 6.33 Å². The van der Waals surface area contributed by atoms with Crippen LogP contribution in [-0.2, 0) is 15.1 Å². The van der Waals surface area contributed by atoms with Gasteiger partial charge in [-0.3, -0.25) is 4.79 Å². The van der Waals surface area contributed by atoms with Crippen molar-refractivity contribution in [2.24, 2.45) is 0 Å². The second-order valence-electron chi connectivity index (χ2n) is 6.21. The molecule has 1 amide bonds. The number of nitrogens with one attached hydrogen (secondary N) is 1. The largest absolute Gasteiger partial charge is 0.373 e. The van der Waals surface area contributed by atoms with Crippen LogP contribution < -0.4 is 5.32 Å². The fourth-order valence-electron chi connectivity index (χ4n) is 2.76. The molecule has 128 valence electrons. The van der Waals surface area contributed by atoms with Gasteiger partial charge >= 0.3 is 0 Å². The number of amides is 1. The summed E-state index contributed by atoms with van der Waals surface area (Å²) in [6.07, 6.45) is 2.76. The minimum atomic E-state index is -0.793. The number of carbonyl (C=O) groups excluding carboxylic acids is 1. The minimum Gasteiger partial charge on any atom is -0.373 e. The van der Waals surface area contributed by atoms with Crippen molar-refractivity contribution in [2.75, 3.05) is 32.1 Å². The van der Waals surface area contributed by atoms with Crippen LogP contribution in [0.2, 0.25) is 0 Å². The van der Waals surface area contributed by atoms with Gasteiger partial charge in [0.1, 0.15) is 30.1 Å². The highest BCUT2D eigenvalue weighted by Crippen LogP contribution is 2.25. The lowest BCUT2D eigenvalue weighted by Gasteiger charge is -2.37. The van der Waals surface area contributed by atoms with Crippen LogP contribution in [0.4, 0.5) is 5.82 Å². The first-order valence-electron chi connectivity index (χ1n) is 7.93. The number of anilines is 1. The Kier molecular flexibility index (Phi) is 4.48. The number of morpholine rings is 1. The van der Waals surface area contributed by atoms with Gasteiger partial charge in [0.25, 0.3) is 0 Å². The molecule has 0 bridgehead atoms. The Bertz CT molecular complexity index is 700. The monoisotopic (exact) mass is 330 g/mol. The third-order valence-electron chi connectivity index (χ3n) is 4.23. The van der Waals surface area contributed by atoms with E-state index in [2.05, 4.69) is 20.4 Å². The number of carbonyl (C=O) groups is 1. The molecule has 8 heteroatoms. The van der Waals surface area contributed by atoms with Crippen molar-refractivity contribution in [3.8, 4) is 0 Å². The van der Waals surface area contributed by atoms with E-state index in [-0.39, 0.29) is 12.0 Å². The van der Waals surface area contributed by atoms with E-state index in [1.54, 1.807) is 11.0 Å². The maximum atomic E-state index is 13.0. The van der Waals surface area contributed by atoms with Gasteiger partial charge in [-0.1, -0.05) is 6.07 Å². The molecule has 1 N–H and O–H groups in total. The second kappa shape index (κ2) is 6.56. The van der Waals surface area contributed by atoms with Crippen LogP contribution in [0.1, 0.15) is 25.6 Å². The fourth-order valence-corrected chi connectivity index (χ4v) is 2.76. The van der Waals surface area contributed by atoms with Crippen molar-refractivity contribution in [1.82, 2.24) is 24.6 Å². The molecule has 0 spiro atoms. The Balaban J connectivity index is 1.76. The third-order valence-corrected chi connectivity index (χ3v) is 4.23. The maximum Gasteiger partial charge on any atom is 0.250 e. The van der Waals surface area contributed by atoms with Gasteiger partial charge in [-0.25, -0.2) is 14.6 Å².